The average Bonchev–Trinajstić information content (AvgIpc) is 3.43. The number of aromatic amines is 1. The molecule has 35 heavy (non-hydrogen) atoms. The van der Waals surface area contributed by atoms with Crippen LogP contribution < -0.4 is 26.6 Å². The number of ether oxygens (including phenoxy) is 1. The molecule has 174 valence electrons. The molecule has 0 radical (unpaired) electrons. The summed E-state index contributed by atoms with van der Waals surface area (Å²) in [4.78, 5) is 38.2. The molecular formula is C25H20N6O4. The number of benzene rings is 3. The first-order valence-electron chi connectivity index (χ1n) is 10.6. The van der Waals surface area contributed by atoms with Gasteiger partial charge in [-0.3, -0.25) is 20.1 Å². The number of hydrogen-bond acceptors (Lipinski definition) is 6. The molecule has 1 aliphatic rings. The lowest BCUT2D eigenvalue weighted by molar-refractivity contribution is 0.0938. The number of nitrogens with two attached hydrogens (primary N) is 1. The summed E-state index contributed by atoms with van der Waals surface area (Å²) in [5, 5.41) is 9.92. The number of urea groups is 1. The van der Waals surface area contributed by atoms with Gasteiger partial charge in [-0.1, -0.05) is 24.3 Å². The van der Waals surface area contributed by atoms with E-state index in [-0.39, 0.29) is 22.7 Å². The van der Waals surface area contributed by atoms with Gasteiger partial charge in [0, 0.05) is 16.8 Å². The van der Waals surface area contributed by atoms with Gasteiger partial charge in [-0.25, -0.2) is 10.2 Å². The molecule has 3 amide bonds. The number of rotatable bonds is 4. The van der Waals surface area contributed by atoms with Crippen LogP contribution in [0.3, 0.4) is 0 Å². The summed E-state index contributed by atoms with van der Waals surface area (Å²) in [6, 6.07) is 18.1. The van der Waals surface area contributed by atoms with Crippen molar-refractivity contribution in [2.75, 3.05) is 18.2 Å². The highest BCUT2D eigenvalue weighted by molar-refractivity contribution is 6.27. The first kappa shape index (κ1) is 21.7. The second-order valence-corrected chi connectivity index (χ2v) is 7.73. The molecular weight excluding hydrogens is 448 g/mol. The van der Waals surface area contributed by atoms with E-state index in [4.69, 9.17) is 10.5 Å². The molecule has 0 atom stereocenters. The Kier molecular flexibility index (Phi) is 5.38. The fourth-order valence-corrected chi connectivity index (χ4v) is 3.99. The number of carbonyl (C=O) groups excluding carboxylic acids is 3. The minimum atomic E-state index is -0.726. The van der Waals surface area contributed by atoms with Gasteiger partial charge in [0.25, 0.3) is 5.91 Å². The lowest BCUT2D eigenvalue weighted by Gasteiger charge is -2.12. The van der Waals surface area contributed by atoms with Crippen molar-refractivity contribution in [2.45, 2.75) is 0 Å². The normalized spacial score (nSPS) is 11.4. The number of ketones is 1. The number of aromatic nitrogens is 2. The Hall–Kier alpha value is -5.12. The van der Waals surface area contributed by atoms with Gasteiger partial charge in [0.05, 0.1) is 35.2 Å². The van der Waals surface area contributed by atoms with Gasteiger partial charge in [-0.2, -0.15) is 5.10 Å². The fraction of sp³-hybridized carbons (Fsp3) is 0.0400. The SMILES string of the molecule is COc1ccc(-c2[nH]nc3c2C(=O)c2c(NC(=O)NNC(=O)c4ccccc4N)cccc2-3)cc1. The molecule has 0 fully saturated rings. The van der Waals surface area contributed by atoms with Crippen LogP contribution in [0.2, 0.25) is 0 Å². The number of nitrogen functional groups attached to an aromatic ring is 1. The summed E-state index contributed by atoms with van der Waals surface area (Å²) in [6.45, 7) is 0. The molecule has 0 unspecified atom stereocenters. The molecule has 1 aliphatic carbocycles. The fourth-order valence-electron chi connectivity index (χ4n) is 3.99. The van der Waals surface area contributed by atoms with E-state index in [1.165, 1.54) is 6.07 Å². The van der Waals surface area contributed by atoms with Crippen LogP contribution in [0, 0.1) is 0 Å². The third-order valence-electron chi connectivity index (χ3n) is 5.66. The molecule has 1 aromatic heterocycles. The van der Waals surface area contributed by atoms with Crippen LogP contribution >= 0.6 is 0 Å². The number of nitrogens with zero attached hydrogens (tertiary/aromatic N) is 1. The van der Waals surface area contributed by atoms with Crippen molar-refractivity contribution in [3.63, 3.8) is 0 Å². The van der Waals surface area contributed by atoms with Crippen molar-refractivity contribution in [1.29, 1.82) is 0 Å². The molecule has 4 aromatic rings. The Balaban J connectivity index is 1.35. The van der Waals surface area contributed by atoms with Gasteiger partial charge < -0.3 is 15.8 Å². The van der Waals surface area contributed by atoms with Crippen molar-refractivity contribution in [1.82, 2.24) is 21.0 Å². The van der Waals surface area contributed by atoms with E-state index in [2.05, 4.69) is 26.4 Å². The molecule has 10 nitrogen and oxygen atoms in total. The van der Waals surface area contributed by atoms with E-state index in [0.29, 0.717) is 33.8 Å². The number of hydrazine groups is 1. The maximum Gasteiger partial charge on any atom is 0.337 e. The van der Waals surface area contributed by atoms with E-state index in [9.17, 15) is 14.4 Å². The molecule has 0 bridgehead atoms. The molecule has 1 heterocycles. The van der Waals surface area contributed by atoms with Crippen LogP contribution in [0.5, 0.6) is 5.75 Å². The number of hydrogen-bond donors (Lipinski definition) is 5. The first-order valence-corrected chi connectivity index (χ1v) is 10.6. The number of methoxy groups -OCH3 is 1. The zero-order valence-electron chi connectivity index (χ0n) is 18.5. The molecule has 0 saturated carbocycles. The number of carbonyl (C=O) groups is 3. The summed E-state index contributed by atoms with van der Waals surface area (Å²) in [5.41, 5.74) is 14.3. The predicted molar refractivity (Wildman–Crippen MR) is 130 cm³/mol. The summed E-state index contributed by atoms with van der Waals surface area (Å²) in [5.74, 6) is -0.150. The van der Waals surface area contributed by atoms with Crippen molar-refractivity contribution in [3.8, 4) is 28.3 Å². The summed E-state index contributed by atoms with van der Waals surface area (Å²) in [6.07, 6.45) is 0. The third kappa shape index (κ3) is 3.82. The Bertz CT molecular complexity index is 1480. The smallest absolute Gasteiger partial charge is 0.337 e. The predicted octanol–water partition coefficient (Wildman–Crippen LogP) is 3.35. The zero-order valence-corrected chi connectivity index (χ0v) is 18.5. The molecule has 0 saturated heterocycles. The highest BCUT2D eigenvalue weighted by Gasteiger charge is 2.35. The largest absolute Gasteiger partial charge is 0.497 e. The topological polar surface area (TPSA) is 151 Å². The zero-order chi connectivity index (χ0) is 24.5. The minimum absolute atomic E-state index is 0.222. The number of nitrogens with one attached hydrogen (secondary N) is 4. The molecule has 0 spiro atoms. The highest BCUT2D eigenvalue weighted by atomic mass is 16.5. The van der Waals surface area contributed by atoms with Crippen molar-refractivity contribution in [3.05, 3.63) is 83.4 Å². The van der Waals surface area contributed by atoms with Crippen molar-refractivity contribution in [2.24, 2.45) is 0 Å². The second kappa shape index (κ2) is 8.67. The van der Waals surface area contributed by atoms with Gasteiger partial charge in [0.2, 0.25) is 0 Å². The van der Waals surface area contributed by atoms with Crippen molar-refractivity contribution < 1.29 is 19.1 Å². The molecule has 5 rings (SSSR count). The molecule has 6 N–H and O–H groups in total. The average molecular weight is 468 g/mol. The van der Waals surface area contributed by atoms with E-state index in [1.807, 2.05) is 12.1 Å². The maximum atomic E-state index is 13.4. The molecule has 3 aromatic carbocycles. The van der Waals surface area contributed by atoms with Gasteiger partial charge in [0.15, 0.2) is 5.78 Å². The van der Waals surface area contributed by atoms with Crippen LogP contribution in [0.15, 0.2) is 66.7 Å². The molecule has 10 heteroatoms. The van der Waals surface area contributed by atoms with Crippen LogP contribution in [0.4, 0.5) is 16.2 Å². The standard InChI is InChI=1S/C25H20N6O4/c1-35-14-11-9-13(10-12-14)21-20-22(29-28-21)16-6-4-8-18(19(16)23(20)32)27-25(34)31-30-24(33)15-5-2-3-7-17(15)26/h2-12H,26H2,1H3,(H,28,29)(H,30,33)(H2,27,31,34). The lowest BCUT2D eigenvalue weighted by Crippen LogP contribution is -2.44. The third-order valence-corrected chi connectivity index (χ3v) is 5.66. The van der Waals surface area contributed by atoms with Crippen LogP contribution in [-0.2, 0) is 0 Å². The van der Waals surface area contributed by atoms with Crippen LogP contribution in [0.25, 0.3) is 22.5 Å². The Labute approximate surface area is 199 Å². The Morgan fingerprint density at radius 3 is 2.46 bits per heavy atom. The lowest BCUT2D eigenvalue weighted by atomic mass is 10.0. The number of para-hydroxylation sites is 1. The van der Waals surface area contributed by atoms with Crippen LogP contribution in [0.1, 0.15) is 26.3 Å². The van der Waals surface area contributed by atoms with E-state index in [0.717, 1.165) is 5.56 Å². The molecule has 0 aliphatic heterocycles. The quantitative estimate of drug-likeness (QED) is 0.202. The van der Waals surface area contributed by atoms with E-state index < -0.39 is 11.9 Å². The number of fused-ring (bicyclic) bond motifs is 3. The van der Waals surface area contributed by atoms with Crippen molar-refractivity contribution >= 4 is 29.1 Å². The van der Waals surface area contributed by atoms with Gasteiger partial charge in [-0.15, -0.1) is 0 Å². The summed E-state index contributed by atoms with van der Waals surface area (Å²) in [7, 11) is 1.58. The van der Waals surface area contributed by atoms with E-state index in [1.54, 1.807) is 55.6 Å². The van der Waals surface area contributed by atoms with E-state index >= 15 is 0 Å². The minimum Gasteiger partial charge on any atom is -0.497 e. The Morgan fingerprint density at radius 1 is 0.943 bits per heavy atom. The maximum absolute atomic E-state index is 13.4. The van der Waals surface area contributed by atoms with Crippen LogP contribution in [-0.4, -0.2) is 35.0 Å². The highest BCUT2D eigenvalue weighted by Crippen LogP contribution is 2.43. The monoisotopic (exact) mass is 468 g/mol. The first-order chi connectivity index (χ1) is 17.0. The van der Waals surface area contributed by atoms with Gasteiger partial charge >= 0.3 is 6.03 Å². The number of anilines is 2. The number of amides is 3. The second-order valence-electron chi connectivity index (χ2n) is 7.73. The summed E-state index contributed by atoms with van der Waals surface area (Å²) < 4.78 is 5.20. The summed E-state index contributed by atoms with van der Waals surface area (Å²) >= 11 is 0. The number of H-pyrrole nitrogens is 1. The van der Waals surface area contributed by atoms with Gasteiger partial charge in [-0.05, 0) is 42.5 Å². The Morgan fingerprint density at radius 2 is 1.71 bits per heavy atom. The van der Waals surface area contributed by atoms with Gasteiger partial charge in [0.1, 0.15) is 11.4 Å².